The Balaban J connectivity index is 0.000000277. The Labute approximate surface area is 288 Å². The topological polar surface area (TPSA) is 0 Å². The zero-order chi connectivity index (χ0) is 32.0. The molecular formula is C44H48Zr. The van der Waals surface area contributed by atoms with Gasteiger partial charge in [0.2, 0.25) is 0 Å². The minimum atomic E-state index is 0.0380. The predicted octanol–water partition coefficient (Wildman–Crippen LogP) is 12.0. The molecule has 1 fully saturated rings. The Hall–Kier alpha value is -2.89. The van der Waals surface area contributed by atoms with Crippen molar-refractivity contribution in [2.24, 2.45) is 0 Å². The summed E-state index contributed by atoms with van der Waals surface area (Å²) in [6, 6.07) is 32.8. The number of allylic oxidation sites excluding steroid dienone is 4. The van der Waals surface area contributed by atoms with Gasteiger partial charge >= 0.3 is 59.5 Å². The van der Waals surface area contributed by atoms with E-state index in [1.807, 2.05) is 12.2 Å². The van der Waals surface area contributed by atoms with E-state index in [0.29, 0.717) is 0 Å². The van der Waals surface area contributed by atoms with Crippen LogP contribution in [0.1, 0.15) is 102 Å². The van der Waals surface area contributed by atoms with Crippen LogP contribution in [0.3, 0.4) is 0 Å². The molecule has 3 aliphatic carbocycles. The van der Waals surface area contributed by atoms with Crippen LogP contribution in [0.4, 0.5) is 0 Å². The van der Waals surface area contributed by atoms with E-state index in [0.717, 1.165) is 12.8 Å². The normalized spacial score (nSPS) is 15.1. The summed E-state index contributed by atoms with van der Waals surface area (Å²) in [5, 5.41) is 0. The molecule has 1 heteroatoms. The molecule has 0 aliphatic heterocycles. The maximum atomic E-state index is 3.88. The zero-order valence-electron chi connectivity index (χ0n) is 28.2. The van der Waals surface area contributed by atoms with Gasteiger partial charge in [-0.3, -0.25) is 6.08 Å². The second kappa shape index (κ2) is 14.7. The minimum absolute atomic E-state index is 0.0380. The Kier molecular flexibility index (Phi) is 10.9. The molecule has 0 unspecified atom stereocenters. The van der Waals surface area contributed by atoms with Crippen LogP contribution >= 0.6 is 0 Å². The summed E-state index contributed by atoms with van der Waals surface area (Å²) in [6.45, 7) is 13.9. The van der Waals surface area contributed by atoms with Crippen LogP contribution in [0, 0.1) is 12.1 Å². The average Bonchev–Trinajstić information content (AvgIpc) is 3.72. The Morgan fingerprint density at radius 1 is 0.644 bits per heavy atom. The second-order valence-corrected chi connectivity index (χ2v) is 16.3. The molecule has 3 aliphatic rings. The standard InChI is InChI=1S/C33H33.C6H10.C5H5.Zr/c1-32(2,3)30-20-26-24(18-28(30)22-13-9-7-10-14-22)17-25-19-29(23-15-11-8-12-16-23)31(21-27(25)26)33(4,5)6;1-2-4-6-5-3-1;1-2-4-5-3-1;/h7-16,18,20-21H,17H2,1-6H3;1-5H2;1-3H,4H2;/q-1;;-1;+2. The molecule has 0 aromatic heterocycles. The quantitative estimate of drug-likeness (QED) is 0.164. The second-order valence-electron chi connectivity index (χ2n) is 14.6. The number of rotatable bonds is 2. The third-order valence-corrected chi connectivity index (χ3v) is 10.1. The van der Waals surface area contributed by atoms with Gasteiger partial charge in [0.15, 0.2) is 0 Å². The van der Waals surface area contributed by atoms with E-state index >= 15 is 0 Å². The van der Waals surface area contributed by atoms with Gasteiger partial charge in [0.25, 0.3) is 0 Å². The molecule has 0 amide bonds. The molecule has 0 radical (unpaired) electrons. The predicted molar refractivity (Wildman–Crippen MR) is 191 cm³/mol. The van der Waals surface area contributed by atoms with Crippen molar-refractivity contribution in [3.8, 4) is 33.4 Å². The Bertz CT molecular complexity index is 1550. The molecule has 228 valence electrons. The molecule has 0 spiro atoms. The van der Waals surface area contributed by atoms with Gasteiger partial charge in [-0.1, -0.05) is 131 Å². The fraction of sp³-hybridized carbons (Fsp3) is 0.341. The van der Waals surface area contributed by atoms with Crippen molar-refractivity contribution in [1.82, 2.24) is 0 Å². The van der Waals surface area contributed by atoms with Crippen molar-refractivity contribution >= 4 is 3.21 Å². The molecule has 0 heterocycles. The zero-order valence-corrected chi connectivity index (χ0v) is 30.6. The van der Waals surface area contributed by atoms with E-state index in [-0.39, 0.29) is 10.8 Å². The molecular weight excluding hydrogens is 620 g/mol. The number of benzene rings is 4. The van der Waals surface area contributed by atoms with Crippen molar-refractivity contribution < 1.29 is 24.2 Å². The molecule has 0 saturated heterocycles. The third kappa shape index (κ3) is 8.48. The van der Waals surface area contributed by atoms with E-state index in [4.69, 9.17) is 0 Å². The van der Waals surface area contributed by atoms with Crippen molar-refractivity contribution in [3.05, 3.63) is 131 Å². The van der Waals surface area contributed by atoms with Crippen molar-refractivity contribution in [2.75, 3.05) is 0 Å². The van der Waals surface area contributed by atoms with Gasteiger partial charge in [0, 0.05) is 0 Å². The summed E-state index contributed by atoms with van der Waals surface area (Å²) < 4.78 is 1.80. The molecule has 7 rings (SSSR count). The fourth-order valence-corrected chi connectivity index (χ4v) is 7.29. The first-order valence-electron chi connectivity index (χ1n) is 16.7. The maximum absolute atomic E-state index is 3.88. The number of hydrogen-bond donors (Lipinski definition) is 0. The van der Waals surface area contributed by atoms with Gasteiger partial charge in [0.1, 0.15) is 0 Å². The van der Waals surface area contributed by atoms with E-state index < -0.39 is 0 Å². The van der Waals surface area contributed by atoms with Gasteiger partial charge in [-0.25, -0.2) is 12.2 Å². The first kappa shape index (κ1) is 33.5. The summed E-state index contributed by atoms with van der Waals surface area (Å²) in [5.74, 6) is 0. The fourth-order valence-electron chi connectivity index (χ4n) is 6.42. The van der Waals surface area contributed by atoms with Crippen LogP contribution in [-0.4, -0.2) is 3.21 Å². The summed E-state index contributed by atoms with van der Waals surface area (Å²) in [4.78, 5) is 0. The van der Waals surface area contributed by atoms with Gasteiger partial charge in [-0.2, -0.15) is 6.08 Å². The SMILES string of the molecule is CC(C)(C)c1cc2c([c-]c1-c1ccccc1)Cc1cc(-c3ccccc3)c(C(C)(C)C)cc1-2.[C-]1=CC=CC1.[Zr+2]=[C]1CCCCC1. The van der Waals surface area contributed by atoms with Crippen molar-refractivity contribution in [1.29, 1.82) is 0 Å². The molecule has 0 bridgehead atoms. The molecule has 45 heavy (non-hydrogen) atoms. The monoisotopic (exact) mass is 666 g/mol. The van der Waals surface area contributed by atoms with E-state index in [2.05, 4.69) is 139 Å². The molecule has 0 nitrogen and oxygen atoms in total. The third-order valence-electron chi connectivity index (χ3n) is 8.87. The molecule has 4 aromatic carbocycles. The van der Waals surface area contributed by atoms with Gasteiger partial charge in [0.05, 0.1) is 0 Å². The van der Waals surface area contributed by atoms with Crippen LogP contribution in [0.25, 0.3) is 33.4 Å². The van der Waals surface area contributed by atoms with E-state index in [1.165, 1.54) is 87.7 Å². The first-order chi connectivity index (χ1) is 21.5. The molecule has 1 saturated carbocycles. The van der Waals surface area contributed by atoms with Gasteiger partial charge in [-0.05, 0) is 39.5 Å². The van der Waals surface area contributed by atoms with Crippen LogP contribution in [0.2, 0.25) is 0 Å². The summed E-state index contributed by atoms with van der Waals surface area (Å²) >= 11 is 1.69. The van der Waals surface area contributed by atoms with Crippen LogP contribution in [0.5, 0.6) is 0 Å². The number of fused-ring (bicyclic) bond motifs is 3. The number of hydrogen-bond acceptors (Lipinski definition) is 0. The molecule has 0 atom stereocenters. The molecule has 4 aromatic rings. The van der Waals surface area contributed by atoms with Gasteiger partial charge in [-0.15, -0.1) is 35.2 Å². The Morgan fingerprint density at radius 2 is 1.24 bits per heavy atom. The van der Waals surface area contributed by atoms with Gasteiger partial charge < -0.3 is 0 Å². The summed E-state index contributed by atoms with van der Waals surface area (Å²) in [7, 11) is 0. The molecule has 0 N–H and O–H groups in total. The van der Waals surface area contributed by atoms with E-state index in [9.17, 15) is 0 Å². The summed E-state index contributed by atoms with van der Waals surface area (Å²) in [6.07, 6.45) is 18.3. The summed E-state index contributed by atoms with van der Waals surface area (Å²) in [5.41, 5.74) is 13.5. The van der Waals surface area contributed by atoms with Crippen molar-refractivity contribution in [3.63, 3.8) is 0 Å². The first-order valence-corrected chi connectivity index (χ1v) is 17.9. The van der Waals surface area contributed by atoms with E-state index in [1.54, 1.807) is 27.4 Å². The van der Waals surface area contributed by atoms with Crippen LogP contribution in [0.15, 0.2) is 97.1 Å². The average molecular weight is 668 g/mol. The van der Waals surface area contributed by atoms with Crippen molar-refractivity contribution in [2.45, 2.75) is 97.3 Å². The van der Waals surface area contributed by atoms with Crippen LogP contribution < -0.4 is 0 Å². The Morgan fingerprint density at radius 3 is 1.73 bits per heavy atom. The van der Waals surface area contributed by atoms with Crippen LogP contribution in [-0.2, 0) is 41.5 Å².